The van der Waals surface area contributed by atoms with E-state index in [0.717, 1.165) is 17.1 Å². The Bertz CT molecular complexity index is 1100. The first-order valence-corrected chi connectivity index (χ1v) is 10.6. The second-order valence-electron chi connectivity index (χ2n) is 7.40. The van der Waals surface area contributed by atoms with Crippen molar-refractivity contribution in [3.63, 3.8) is 0 Å². The van der Waals surface area contributed by atoms with Crippen LogP contribution in [0.1, 0.15) is 5.56 Å². The molecule has 0 bridgehead atoms. The lowest BCUT2D eigenvalue weighted by molar-refractivity contribution is -0.126. The van der Waals surface area contributed by atoms with E-state index in [1.54, 1.807) is 38.8 Å². The zero-order chi connectivity index (χ0) is 23.0. The fourth-order valence-corrected chi connectivity index (χ4v) is 3.53. The third kappa shape index (κ3) is 5.57. The largest absolute Gasteiger partial charge is 0.493 e. The van der Waals surface area contributed by atoms with Gasteiger partial charge in [0.25, 0.3) is 0 Å². The summed E-state index contributed by atoms with van der Waals surface area (Å²) in [7, 11) is 3.18. The third-order valence-electron chi connectivity index (χ3n) is 5.33. The third-order valence-corrected chi connectivity index (χ3v) is 5.33. The lowest BCUT2D eigenvalue weighted by Gasteiger charge is -2.34. The molecule has 33 heavy (non-hydrogen) atoms. The lowest BCUT2D eigenvalue weighted by atomic mass is 10.2. The molecule has 0 atom stereocenters. The van der Waals surface area contributed by atoms with Gasteiger partial charge in [0, 0.05) is 38.5 Å². The van der Waals surface area contributed by atoms with Crippen LogP contribution in [0.2, 0.25) is 0 Å². The van der Waals surface area contributed by atoms with Crippen LogP contribution in [-0.2, 0) is 4.79 Å². The van der Waals surface area contributed by atoms with E-state index in [9.17, 15) is 4.79 Å². The SMILES string of the molecule is COc1ccc(/C=C/C(=O)N2CCN(c3ccc(Nc4cccnc4)nn3)CC2)cc1OC. The summed E-state index contributed by atoms with van der Waals surface area (Å²) in [6, 6.07) is 13.1. The highest BCUT2D eigenvalue weighted by Crippen LogP contribution is 2.28. The van der Waals surface area contributed by atoms with Crippen LogP contribution in [0.4, 0.5) is 17.3 Å². The van der Waals surface area contributed by atoms with E-state index >= 15 is 0 Å². The van der Waals surface area contributed by atoms with Gasteiger partial charge in [-0.05, 0) is 48.0 Å². The average molecular weight is 447 g/mol. The maximum Gasteiger partial charge on any atom is 0.246 e. The smallest absolute Gasteiger partial charge is 0.246 e. The quantitative estimate of drug-likeness (QED) is 0.554. The Labute approximate surface area is 192 Å². The van der Waals surface area contributed by atoms with Crippen molar-refractivity contribution in [3.8, 4) is 11.5 Å². The molecular weight excluding hydrogens is 420 g/mol. The number of nitrogens with zero attached hydrogens (tertiary/aromatic N) is 5. The van der Waals surface area contributed by atoms with Crippen molar-refractivity contribution in [2.24, 2.45) is 0 Å². The molecule has 0 saturated carbocycles. The van der Waals surface area contributed by atoms with E-state index in [0.29, 0.717) is 43.5 Å². The number of carbonyl (C=O) groups is 1. The van der Waals surface area contributed by atoms with Gasteiger partial charge in [-0.25, -0.2) is 0 Å². The molecular formula is C24H26N6O3. The second kappa shape index (κ2) is 10.4. The van der Waals surface area contributed by atoms with E-state index in [1.807, 2.05) is 47.4 Å². The number of amides is 1. The van der Waals surface area contributed by atoms with Gasteiger partial charge in [0.05, 0.1) is 26.1 Å². The molecule has 4 rings (SSSR count). The molecule has 9 heteroatoms. The normalized spacial score (nSPS) is 13.8. The van der Waals surface area contributed by atoms with Gasteiger partial charge in [0.15, 0.2) is 23.1 Å². The molecule has 1 aliphatic heterocycles. The number of nitrogens with one attached hydrogen (secondary N) is 1. The van der Waals surface area contributed by atoms with Gasteiger partial charge in [-0.1, -0.05) is 6.07 Å². The Morgan fingerprint density at radius 1 is 1.00 bits per heavy atom. The van der Waals surface area contributed by atoms with Crippen LogP contribution in [0.3, 0.4) is 0 Å². The molecule has 1 fully saturated rings. The van der Waals surface area contributed by atoms with Crippen molar-refractivity contribution in [3.05, 3.63) is 66.5 Å². The van der Waals surface area contributed by atoms with E-state index in [4.69, 9.17) is 9.47 Å². The maximum absolute atomic E-state index is 12.6. The van der Waals surface area contributed by atoms with E-state index in [1.165, 1.54) is 0 Å². The summed E-state index contributed by atoms with van der Waals surface area (Å²) in [6.45, 7) is 2.62. The molecule has 1 N–H and O–H groups in total. The molecule has 1 aliphatic rings. The zero-order valence-corrected chi connectivity index (χ0v) is 18.6. The Hall–Kier alpha value is -4.14. The Morgan fingerprint density at radius 3 is 2.48 bits per heavy atom. The fraction of sp³-hybridized carbons (Fsp3) is 0.250. The molecule has 0 unspecified atom stereocenters. The van der Waals surface area contributed by atoms with Gasteiger partial charge < -0.3 is 24.6 Å². The van der Waals surface area contributed by atoms with Crippen molar-refractivity contribution >= 4 is 29.3 Å². The number of rotatable bonds is 7. The molecule has 170 valence electrons. The number of aromatic nitrogens is 3. The number of hydrogen-bond donors (Lipinski definition) is 1. The number of hydrogen-bond acceptors (Lipinski definition) is 8. The van der Waals surface area contributed by atoms with Crippen LogP contribution >= 0.6 is 0 Å². The van der Waals surface area contributed by atoms with Crippen LogP contribution < -0.4 is 19.7 Å². The Kier molecular flexibility index (Phi) is 6.99. The van der Waals surface area contributed by atoms with E-state index in [2.05, 4.69) is 25.4 Å². The van der Waals surface area contributed by atoms with Crippen molar-refractivity contribution in [2.75, 3.05) is 50.6 Å². The van der Waals surface area contributed by atoms with Crippen molar-refractivity contribution in [1.82, 2.24) is 20.1 Å². The first kappa shape index (κ1) is 22.1. The van der Waals surface area contributed by atoms with Gasteiger partial charge in [0.2, 0.25) is 5.91 Å². The van der Waals surface area contributed by atoms with E-state index < -0.39 is 0 Å². The predicted molar refractivity (Wildman–Crippen MR) is 127 cm³/mol. The minimum atomic E-state index is -0.0217. The maximum atomic E-state index is 12.6. The standard InChI is InChI=1S/C24H26N6O3/c1-32-20-7-5-18(16-21(20)33-2)6-10-24(31)30-14-12-29(13-15-30)23-9-8-22(27-28-23)26-19-4-3-11-25-17-19/h3-11,16-17H,12-15H2,1-2H3,(H,26,27)/b10-6+. The zero-order valence-electron chi connectivity index (χ0n) is 18.6. The van der Waals surface area contributed by atoms with E-state index in [-0.39, 0.29) is 5.91 Å². The molecule has 3 aromatic rings. The number of piperazine rings is 1. The Morgan fingerprint density at radius 2 is 1.82 bits per heavy atom. The molecule has 1 saturated heterocycles. The first-order valence-electron chi connectivity index (χ1n) is 10.6. The summed E-state index contributed by atoms with van der Waals surface area (Å²) in [6.07, 6.45) is 6.83. The molecule has 0 aliphatic carbocycles. The summed E-state index contributed by atoms with van der Waals surface area (Å²) >= 11 is 0. The van der Waals surface area contributed by atoms with Crippen LogP contribution in [-0.4, -0.2) is 66.4 Å². The van der Waals surface area contributed by atoms with Crippen LogP contribution in [0, 0.1) is 0 Å². The monoisotopic (exact) mass is 446 g/mol. The van der Waals surface area contributed by atoms with Gasteiger partial charge >= 0.3 is 0 Å². The molecule has 9 nitrogen and oxygen atoms in total. The summed E-state index contributed by atoms with van der Waals surface area (Å²) in [5.74, 6) is 2.71. The number of benzene rings is 1. The number of ether oxygens (including phenoxy) is 2. The molecule has 3 heterocycles. The van der Waals surface area contributed by atoms with Gasteiger partial charge in [-0.3, -0.25) is 9.78 Å². The van der Waals surface area contributed by atoms with Gasteiger partial charge in [-0.15, -0.1) is 10.2 Å². The minimum absolute atomic E-state index is 0.0217. The lowest BCUT2D eigenvalue weighted by Crippen LogP contribution is -2.48. The molecule has 1 aromatic carbocycles. The van der Waals surface area contributed by atoms with Crippen LogP contribution in [0.15, 0.2) is 60.9 Å². The highest BCUT2D eigenvalue weighted by molar-refractivity contribution is 5.92. The van der Waals surface area contributed by atoms with Crippen LogP contribution in [0.5, 0.6) is 11.5 Å². The molecule has 0 spiro atoms. The van der Waals surface area contributed by atoms with Gasteiger partial charge in [-0.2, -0.15) is 0 Å². The van der Waals surface area contributed by atoms with Crippen molar-refractivity contribution < 1.29 is 14.3 Å². The highest BCUT2D eigenvalue weighted by atomic mass is 16.5. The molecule has 1 amide bonds. The Balaban J connectivity index is 1.30. The van der Waals surface area contributed by atoms with Crippen molar-refractivity contribution in [1.29, 1.82) is 0 Å². The summed E-state index contributed by atoms with van der Waals surface area (Å²) in [5, 5.41) is 11.7. The highest BCUT2D eigenvalue weighted by Gasteiger charge is 2.21. The number of anilines is 3. The van der Waals surface area contributed by atoms with Gasteiger partial charge in [0.1, 0.15) is 0 Å². The number of carbonyl (C=O) groups excluding carboxylic acids is 1. The summed E-state index contributed by atoms with van der Waals surface area (Å²) in [5.41, 5.74) is 1.72. The van der Waals surface area contributed by atoms with Crippen LogP contribution in [0.25, 0.3) is 6.08 Å². The average Bonchev–Trinajstić information content (AvgIpc) is 2.88. The summed E-state index contributed by atoms with van der Waals surface area (Å²) in [4.78, 5) is 20.7. The molecule has 2 aromatic heterocycles. The molecule has 0 radical (unpaired) electrons. The number of methoxy groups -OCH3 is 2. The van der Waals surface area contributed by atoms with Crippen molar-refractivity contribution in [2.45, 2.75) is 0 Å². The summed E-state index contributed by atoms with van der Waals surface area (Å²) < 4.78 is 10.6. The predicted octanol–water partition coefficient (Wildman–Crippen LogP) is 2.99. The second-order valence-corrected chi connectivity index (χ2v) is 7.40. The first-order chi connectivity index (χ1) is 16.2. The minimum Gasteiger partial charge on any atom is -0.493 e. The fourth-order valence-electron chi connectivity index (χ4n) is 3.53. The topological polar surface area (TPSA) is 92.7 Å². The number of pyridine rings is 1.